The SMILES string of the molecule is Nc1cc(NC(=O)c2ccccc2)on1. The first kappa shape index (κ1) is 9.26. The van der Waals surface area contributed by atoms with Crippen LogP contribution in [0.1, 0.15) is 10.4 Å². The zero-order chi connectivity index (χ0) is 10.7. The molecule has 0 aliphatic carbocycles. The van der Waals surface area contributed by atoms with Gasteiger partial charge in [0.15, 0.2) is 5.82 Å². The molecule has 1 aromatic heterocycles. The first-order chi connectivity index (χ1) is 7.25. The molecule has 1 heterocycles. The summed E-state index contributed by atoms with van der Waals surface area (Å²) in [4.78, 5) is 11.6. The summed E-state index contributed by atoms with van der Waals surface area (Å²) in [5, 5.41) is 5.98. The molecule has 1 amide bonds. The Balaban J connectivity index is 2.11. The summed E-state index contributed by atoms with van der Waals surface area (Å²) in [7, 11) is 0. The Morgan fingerprint density at radius 3 is 2.67 bits per heavy atom. The van der Waals surface area contributed by atoms with Crippen LogP contribution >= 0.6 is 0 Å². The predicted molar refractivity (Wildman–Crippen MR) is 55.3 cm³/mol. The van der Waals surface area contributed by atoms with E-state index >= 15 is 0 Å². The van der Waals surface area contributed by atoms with Gasteiger partial charge in [0.1, 0.15) is 0 Å². The minimum Gasteiger partial charge on any atom is -0.381 e. The second kappa shape index (κ2) is 3.83. The molecule has 2 rings (SSSR count). The number of carbonyl (C=O) groups is 1. The highest BCUT2D eigenvalue weighted by atomic mass is 16.5. The number of carbonyl (C=O) groups excluding carboxylic acids is 1. The van der Waals surface area contributed by atoms with Gasteiger partial charge in [0, 0.05) is 11.6 Å². The number of nitrogen functional groups attached to an aromatic ring is 1. The van der Waals surface area contributed by atoms with Gasteiger partial charge in [-0.2, -0.15) is 0 Å². The fourth-order valence-electron chi connectivity index (χ4n) is 1.12. The van der Waals surface area contributed by atoms with E-state index in [-0.39, 0.29) is 17.6 Å². The summed E-state index contributed by atoms with van der Waals surface area (Å²) in [5.74, 6) is 0.214. The van der Waals surface area contributed by atoms with E-state index in [4.69, 9.17) is 10.3 Å². The van der Waals surface area contributed by atoms with Gasteiger partial charge in [-0.15, -0.1) is 0 Å². The fraction of sp³-hybridized carbons (Fsp3) is 0. The second-order valence-corrected chi connectivity index (χ2v) is 2.94. The van der Waals surface area contributed by atoms with Gasteiger partial charge in [0.25, 0.3) is 5.91 Å². The number of amides is 1. The molecule has 0 atom stereocenters. The van der Waals surface area contributed by atoms with Crippen molar-refractivity contribution >= 4 is 17.6 Å². The van der Waals surface area contributed by atoms with Crippen LogP contribution < -0.4 is 11.1 Å². The Morgan fingerprint density at radius 2 is 2.07 bits per heavy atom. The molecular weight excluding hydrogens is 194 g/mol. The van der Waals surface area contributed by atoms with Crippen molar-refractivity contribution in [2.24, 2.45) is 0 Å². The zero-order valence-electron chi connectivity index (χ0n) is 7.81. The average Bonchev–Trinajstić information content (AvgIpc) is 2.65. The van der Waals surface area contributed by atoms with Gasteiger partial charge in [0.2, 0.25) is 5.88 Å². The summed E-state index contributed by atoms with van der Waals surface area (Å²) >= 11 is 0. The molecule has 0 saturated heterocycles. The van der Waals surface area contributed by atoms with E-state index in [1.54, 1.807) is 24.3 Å². The third kappa shape index (κ3) is 2.14. The van der Waals surface area contributed by atoms with Crippen LogP contribution in [0, 0.1) is 0 Å². The monoisotopic (exact) mass is 203 g/mol. The normalized spacial score (nSPS) is 9.87. The van der Waals surface area contributed by atoms with Crippen LogP contribution in [0.2, 0.25) is 0 Å². The molecule has 0 saturated carbocycles. The van der Waals surface area contributed by atoms with Gasteiger partial charge < -0.3 is 10.3 Å². The summed E-state index contributed by atoms with van der Waals surface area (Å²) < 4.78 is 4.75. The first-order valence-corrected chi connectivity index (χ1v) is 4.34. The molecular formula is C10H9N3O2. The minimum absolute atomic E-state index is 0.235. The maximum absolute atomic E-state index is 11.6. The highest BCUT2D eigenvalue weighted by Crippen LogP contribution is 2.12. The molecule has 3 N–H and O–H groups in total. The number of aromatic nitrogens is 1. The van der Waals surface area contributed by atoms with Gasteiger partial charge in [0.05, 0.1) is 0 Å². The minimum atomic E-state index is -0.258. The average molecular weight is 203 g/mol. The number of nitrogens with zero attached hydrogens (tertiary/aromatic N) is 1. The summed E-state index contributed by atoms with van der Waals surface area (Å²) in [6, 6.07) is 10.3. The fourth-order valence-corrected chi connectivity index (χ4v) is 1.12. The lowest BCUT2D eigenvalue weighted by Crippen LogP contribution is -2.10. The topological polar surface area (TPSA) is 81.1 Å². The molecule has 0 fully saturated rings. The molecule has 0 aliphatic rings. The molecule has 0 spiro atoms. The van der Waals surface area contributed by atoms with Gasteiger partial charge in [-0.05, 0) is 12.1 Å². The van der Waals surface area contributed by atoms with Crippen molar-refractivity contribution in [3.8, 4) is 0 Å². The number of benzene rings is 1. The molecule has 0 aliphatic heterocycles. The highest BCUT2D eigenvalue weighted by Gasteiger charge is 2.08. The van der Waals surface area contributed by atoms with Crippen molar-refractivity contribution in [1.29, 1.82) is 0 Å². The Morgan fingerprint density at radius 1 is 1.33 bits per heavy atom. The van der Waals surface area contributed by atoms with Gasteiger partial charge >= 0.3 is 0 Å². The lowest BCUT2D eigenvalue weighted by Gasteiger charge is -1.99. The van der Waals surface area contributed by atoms with Crippen LogP contribution in [0.3, 0.4) is 0 Å². The number of hydrogen-bond donors (Lipinski definition) is 2. The quantitative estimate of drug-likeness (QED) is 0.775. The van der Waals surface area contributed by atoms with Crippen LogP contribution in [0.4, 0.5) is 11.7 Å². The zero-order valence-corrected chi connectivity index (χ0v) is 7.81. The van der Waals surface area contributed by atoms with Crippen LogP contribution in [0.15, 0.2) is 40.9 Å². The Bertz CT molecular complexity index is 465. The molecule has 0 radical (unpaired) electrons. The van der Waals surface area contributed by atoms with Gasteiger partial charge in [-0.25, -0.2) is 0 Å². The van der Waals surface area contributed by atoms with Crippen LogP contribution in [-0.2, 0) is 0 Å². The van der Waals surface area contributed by atoms with Crippen molar-refractivity contribution in [1.82, 2.24) is 5.16 Å². The number of nitrogens with one attached hydrogen (secondary N) is 1. The molecule has 5 heteroatoms. The molecule has 76 valence electrons. The van der Waals surface area contributed by atoms with Crippen molar-refractivity contribution in [2.75, 3.05) is 11.1 Å². The van der Waals surface area contributed by atoms with E-state index < -0.39 is 0 Å². The van der Waals surface area contributed by atoms with E-state index in [9.17, 15) is 4.79 Å². The number of rotatable bonds is 2. The maximum Gasteiger partial charge on any atom is 0.258 e. The third-order valence-corrected chi connectivity index (χ3v) is 1.80. The number of nitrogens with two attached hydrogens (primary N) is 1. The van der Waals surface area contributed by atoms with Crippen LogP contribution in [0.25, 0.3) is 0 Å². The van der Waals surface area contributed by atoms with Crippen LogP contribution in [-0.4, -0.2) is 11.1 Å². The Hall–Kier alpha value is -2.30. The van der Waals surface area contributed by atoms with Gasteiger partial charge in [-0.1, -0.05) is 23.4 Å². The molecule has 2 aromatic rings. The van der Waals surface area contributed by atoms with Crippen LogP contribution in [0.5, 0.6) is 0 Å². The predicted octanol–water partition coefficient (Wildman–Crippen LogP) is 1.51. The van der Waals surface area contributed by atoms with E-state index in [1.807, 2.05) is 6.07 Å². The van der Waals surface area contributed by atoms with Crippen molar-refractivity contribution in [3.63, 3.8) is 0 Å². The highest BCUT2D eigenvalue weighted by molar-refractivity contribution is 6.03. The van der Waals surface area contributed by atoms with E-state index in [1.165, 1.54) is 6.07 Å². The lowest BCUT2D eigenvalue weighted by molar-refractivity contribution is 0.102. The summed E-state index contributed by atoms with van der Waals surface area (Å²) in [5.41, 5.74) is 5.89. The largest absolute Gasteiger partial charge is 0.381 e. The van der Waals surface area contributed by atoms with Crippen molar-refractivity contribution in [2.45, 2.75) is 0 Å². The number of anilines is 2. The van der Waals surface area contributed by atoms with E-state index in [0.717, 1.165) is 0 Å². The first-order valence-electron chi connectivity index (χ1n) is 4.34. The molecule has 5 nitrogen and oxygen atoms in total. The Labute approximate surface area is 85.9 Å². The van der Waals surface area contributed by atoms with Gasteiger partial charge in [-0.3, -0.25) is 10.1 Å². The lowest BCUT2D eigenvalue weighted by atomic mass is 10.2. The molecule has 0 bridgehead atoms. The second-order valence-electron chi connectivity index (χ2n) is 2.94. The molecule has 0 unspecified atom stereocenters. The third-order valence-electron chi connectivity index (χ3n) is 1.80. The standard InChI is InChI=1S/C10H9N3O2/c11-8-6-9(15-13-8)12-10(14)7-4-2-1-3-5-7/h1-6H,(H2,11,13)(H,12,14). The molecule has 1 aromatic carbocycles. The molecule has 15 heavy (non-hydrogen) atoms. The summed E-state index contributed by atoms with van der Waals surface area (Å²) in [6.07, 6.45) is 0. The Kier molecular flexibility index (Phi) is 2.37. The van der Waals surface area contributed by atoms with E-state index in [2.05, 4.69) is 10.5 Å². The van der Waals surface area contributed by atoms with Crippen molar-refractivity contribution < 1.29 is 9.32 Å². The van der Waals surface area contributed by atoms with E-state index in [0.29, 0.717) is 5.56 Å². The smallest absolute Gasteiger partial charge is 0.258 e. The summed E-state index contributed by atoms with van der Waals surface area (Å²) in [6.45, 7) is 0. The maximum atomic E-state index is 11.6. The number of hydrogen-bond acceptors (Lipinski definition) is 4. The van der Waals surface area contributed by atoms with Crippen molar-refractivity contribution in [3.05, 3.63) is 42.0 Å².